The molecule has 1 spiro atoms. The molecule has 6 aliphatic rings. The molecule has 4 nitrogen and oxygen atoms in total. The van der Waals surface area contributed by atoms with Crippen molar-refractivity contribution in [3.8, 4) is 0 Å². The average molecular weight is 290 g/mol. The Bertz CT molecular complexity index is 513. The van der Waals surface area contributed by atoms with Gasteiger partial charge in [0.05, 0.1) is 17.9 Å². The van der Waals surface area contributed by atoms with Crippen LogP contribution in [-0.4, -0.2) is 24.6 Å². The van der Waals surface area contributed by atoms with Gasteiger partial charge < -0.3 is 9.47 Å². The van der Waals surface area contributed by atoms with E-state index in [0.717, 1.165) is 44.1 Å². The molecule has 0 radical (unpaired) electrons. The van der Waals surface area contributed by atoms with Crippen molar-refractivity contribution in [2.45, 2.75) is 51.0 Å². The van der Waals surface area contributed by atoms with Crippen LogP contribution in [0.4, 0.5) is 0 Å². The van der Waals surface area contributed by atoms with Crippen LogP contribution < -0.4 is 0 Å². The van der Waals surface area contributed by atoms with E-state index in [-0.39, 0.29) is 17.4 Å². The van der Waals surface area contributed by atoms with Crippen LogP contribution in [-0.2, 0) is 19.1 Å². The van der Waals surface area contributed by atoms with E-state index in [4.69, 9.17) is 9.47 Å². The summed E-state index contributed by atoms with van der Waals surface area (Å²) >= 11 is 0. The summed E-state index contributed by atoms with van der Waals surface area (Å²) in [5, 5.41) is 0. The van der Waals surface area contributed by atoms with Crippen LogP contribution in [0.2, 0.25) is 0 Å². The summed E-state index contributed by atoms with van der Waals surface area (Å²) in [5.41, 5.74) is 0.0185. The molecule has 2 saturated heterocycles. The van der Waals surface area contributed by atoms with E-state index in [1.807, 2.05) is 0 Å². The van der Waals surface area contributed by atoms with Gasteiger partial charge in [0.2, 0.25) is 0 Å². The predicted molar refractivity (Wildman–Crippen MR) is 73.0 cm³/mol. The monoisotopic (exact) mass is 290 g/mol. The van der Waals surface area contributed by atoms with Crippen molar-refractivity contribution in [2.75, 3.05) is 6.61 Å². The molecule has 2 heterocycles. The number of carbonyl (C=O) groups is 2. The summed E-state index contributed by atoms with van der Waals surface area (Å²) in [5.74, 6) is 3.41. The van der Waals surface area contributed by atoms with Gasteiger partial charge in [0.25, 0.3) is 0 Å². The average Bonchev–Trinajstić information content (AvgIpc) is 3.24. The minimum Gasteiger partial charge on any atom is -0.465 e. The van der Waals surface area contributed by atoms with Crippen LogP contribution in [0.1, 0.15) is 44.9 Å². The second kappa shape index (κ2) is 4.02. The largest absolute Gasteiger partial charge is 0.465 e. The first-order valence-corrected chi connectivity index (χ1v) is 8.53. The number of ether oxygens (including phenoxy) is 2. The van der Waals surface area contributed by atoms with Gasteiger partial charge in [0, 0.05) is 11.8 Å². The van der Waals surface area contributed by atoms with Crippen LogP contribution >= 0.6 is 0 Å². The van der Waals surface area contributed by atoms with E-state index in [0.29, 0.717) is 23.9 Å². The molecule has 0 aromatic heterocycles. The summed E-state index contributed by atoms with van der Waals surface area (Å²) in [7, 11) is 0. The number of cyclic esters (lactones) is 1. The molecule has 6 rings (SSSR count). The molecule has 0 N–H and O–H groups in total. The molecule has 4 bridgehead atoms. The molecule has 7 atom stereocenters. The van der Waals surface area contributed by atoms with Crippen molar-refractivity contribution < 1.29 is 19.1 Å². The standard InChI is InChI=1S/C9H12O2.C8H10O2/c10-8-9-2-1-6(4-9)3-7(9)5-11-8;9-8-6-2-4-1-5(6)7(3-4)10-8/h6-7H,1-5H2;4-7H,1-3H2. The van der Waals surface area contributed by atoms with Crippen LogP contribution in [0, 0.1) is 35.0 Å². The lowest BCUT2D eigenvalue weighted by Gasteiger charge is -2.21. The number of esters is 2. The molecule has 4 aliphatic carbocycles. The fourth-order valence-corrected chi connectivity index (χ4v) is 6.21. The zero-order valence-electron chi connectivity index (χ0n) is 12.3. The second-order valence-electron chi connectivity index (χ2n) is 8.11. The number of hydrogen-bond donors (Lipinski definition) is 0. The van der Waals surface area contributed by atoms with Gasteiger partial charge >= 0.3 is 11.9 Å². The van der Waals surface area contributed by atoms with Gasteiger partial charge in [-0.15, -0.1) is 0 Å². The van der Waals surface area contributed by atoms with Gasteiger partial charge in [-0.05, 0) is 56.8 Å². The Morgan fingerprint density at radius 1 is 1.05 bits per heavy atom. The van der Waals surface area contributed by atoms with Crippen molar-refractivity contribution in [1.82, 2.24) is 0 Å². The highest BCUT2D eigenvalue weighted by atomic mass is 16.6. The van der Waals surface area contributed by atoms with E-state index in [2.05, 4.69) is 0 Å². The fraction of sp³-hybridized carbons (Fsp3) is 0.882. The van der Waals surface area contributed by atoms with Crippen LogP contribution in [0.25, 0.3) is 0 Å². The lowest BCUT2D eigenvalue weighted by Crippen LogP contribution is -2.27. The Morgan fingerprint density at radius 2 is 1.95 bits per heavy atom. The van der Waals surface area contributed by atoms with E-state index >= 15 is 0 Å². The Balaban J connectivity index is 0.0000000996. The van der Waals surface area contributed by atoms with Crippen molar-refractivity contribution >= 4 is 11.9 Å². The van der Waals surface area contributed by atoms with Crippen LogP contribution in [0.5, 0.6) is 0 Å². The molecular weight excluding hydrogens is 268 g/mol. The van der Waals surface area contributed by atoms with E-state index in [9.17, 15) is 9.59 Å². The summed E-state index contributed by atoms with van der Waals surface area (Å²) in [6.45, 7) is 0.718. The maximum absolute atomic E-state index is 11.4. The molecule has 0 amide bonds. The molecule has 7 unspecified atom stereocenters. The maximum Gasteiger partial charge on any atom is 0.312 e. The van der Waals surface area contributed by atoms with Crippen LogP contribution in [0.3, 0.4) is 0 Å². The fourth-order valence-electron chi connectivity index (χ4n) is 6.21. The number of rotatable bonds is 0. The third-order valence-electron chi connectivity index (χ3n) is 7.20. The minimum atomic E-state index is 0.0185. The lowest BCUT2D eigenvalue weighted by atomic mass is 9.77. The molecule has 4 saturated carbocycles. The molecule has 2 aliphatic heterocycles. The van der Waals surface area contributed by atoms with Crippen molar-refractivity contribution in [3.63, 3.8) is 0 Å². The minimum absolute atomic E-state index is 0.0185. The zero-order valence-corrected chi connectivity index (χ0v) is 12.3. The number of carbonyl (C=O) groups excluding carboxylic acids is 2. The number of fused-ring (bicyclic) bond motifs is 2. The summed E-state index contributed by atoms with van der Waals surface area (Å²) in [6.07, 6.45) is 8.65. The third kappa shape index (κ3) is 1.56. The first-order chi connectivity index (χ1) is 10.2. The van der Waals surface area contributed by atoms with Gasteiger partial charge in [0.15, 0.2) is 0 Å². The lowest BCUT2D eigenvalue weighted by molar-refractivity contribution is -0.146. The highest BCUT2D eigenvalue weighted by Crippen LogP contribution is 2.60. The molecule has 6 fully saturated rings. The summed E-state index contributed by atoms with van der Waals surface area (Å²) in [4.78, 5) is 22.5. The van der Waals surface area contributed by atoms with E-state index in [1.165, 1.54) is 19.3 Å². The van der Waals surface area contributed by atoms with Crippen molar-refractivity contribution in [2.24, 2.45) is 35.0 Å². The Morgan fingerprint density at radius 3 is 2.62 bits per heavy atom. The number of hydrogen-bond acceptors (Lipinski definition) is 4. The normalized spacial score (nSPS) is 54.3. The van der Waals surface area contributed by atoms with Gasteiger partial charge in [-0.2, -0.15) is 0 Å². The highest BCUT2D eigenvalue weighted by molar-refractivity contribution is 5.80. The Hall–Kier alpha value is -1.06. The third-order valence-corrected chi connectivity index (χ3v) is 7.20. The SMILES string of the molecule is O=C1OC2CC3CC1C2C3.O=C1OCC2CC3CCC12C3. The zero-order chi connectivity index (χ0) is 14.2. The maximum atomic E-state index is 11.4. The second-order valence-corrected chi connectivity index (χ2v) is 8.11. The quantitative estimate of drug-likeness (QED) is 0.642. The van der Waals surface area contributed by atoms with Crippen LogP contribution in [0.15, 0.2) is 0 Å². The predicted octanol–water partition coefficient (Wildman–Crippen LogP) is 2.31. The summed E-state index contributed by atoms with van der Waals surface area (Å²) < 4.78 is 10.3. The van der Waals surface area contributed by atoms with E-state index in [1.54, 1.807) is 0 Å². The van der Waals surface area contributed by atoms with Gasteiger partial charge in [-0.1, -0.05) is 0 Å². The first kappa shape index (κ1) is 12.5. The van der Waals surface area contributed by atoms with Gasteiger partial charge in [-0.25, -0.2) is 0 Å². The van der Waals surface area contributed by atoms with E-state index < -0.39 is 0 Å². The molecule has 21 heavy (non-hydrogen) atoms. The smallest absolute Gasteiger partial charge is 0.312 e. The highest BCUT2D eigenvalue weighted by Gasteiger charge is 2.61. The summed E-state index contributed by atoms with van der Waals surface area (Å²) in [6, 6.07) is 0. The Labute approximate surface area is 124 Å². The van der Waals surface area contributed by atoms with Crippen molar-refractivity contribution in [3.05, 3.63) is 0 Å². The molecule has 114 valence electrons. The molecule has 0 aromatic rings. The van der Waals surface area contributed by atoms with Gasteiger partial charge in [0.1, 0.15) is 6.10 Å². The first-order valence-electron chi connectivity index (χ1n) is 8.53. The van der Waals surface area contributed by atoms with Gasteiger partial charge in [-0.3, -0.25) is 9.59 Å². The molecule has 0 aromatic carbocycles. The molecule has 4 heteroatoms. The van der Waals surface area contributed by atoms with Crippen molar-refractivity contribution in [1.29, 1.82) is 0 Å². The topological polar surface area (TPSA) is 52.6 Å². The Kier molecular flexibility index (Phi) is 2.39. The molecular formula is C17H22O4.